The van der Waals surface area contributed by atoms with Crippen LogP contribution in [0.25, 0.3) is 0 Å². The minimum atomic E-state index is -1.27. The van der Waals surface area contributed by atoms with Gasteiger partial charge in [0.15, 0.2) is 0 Å². The van der Waals surface area contributed by atoms with Crippen LogP contribution >= 0.6 is 0 Å². The third-order valence-corrected chi connectivity index (χ3v) is 8.46. The van der Waals surface area contributed by atoms with E-state index in [0.29, 0.717) is 6.42 Å². The largest absolute Gasteiger partial charge is 1.00 e. The van der Waals surface area contributed by atoms with Crippen molar-refractivity contribution in [3.05, 3.63) is 31.2 Å². The van der Waals surface area contributed by atoms with Crippen LogP contribution in [0.2, 0.25) is 0 Å². The Hall–Kier alpha value is -2.16. The molecule has 286 valence electrons. The number of morpholine rings is 1. The maximum atomic E-state index is 11.6. The van der Waals surface area contributed by atoms with Crippen LogP contribution in [0.1, 0.15) is 119 Å². The first-order chi connectivity index (χ1) is 23.5. The molecule has 51 heavy (non-hydrogen) atoms. The van der Waals surface area contributed by atoms with Crippen LogP contribution < -0.4 is 40.0 Å². The van der Waals surface area contributed by atoms with Gasteiger partial charge in [-0.05, 0) is 87.1 Å². The van der Waals surface area contributed by atoms with Gasteiger partial charge in [0.05, 0.1) is 12.0 Å². The summed E-state index contributed by atoms with van der Waals surface area (Å²) >= 11 is 0. The molecule has 0 spiro atoms. The Kier molecular flexibility index (Phi) is 21.6. The van der Waals surface area contributed by atoms with Crippen LogP contribution in [-0.4, -0.2) is 106 Å². The summed E-state index contributed by atoms with van der Waals surface area (Å²) in [5, 5.41) is 23.4. The molecule has 0 unspecified atom stereocenters. The maximum Gasteiger partial charge on any atom is 1.00 e. The molecular formula is C37H62N4NaO9-. The average molecular weight is 730 g/mol. The molecular weight excluding hydrogens is 667 g/mol. The van der Waals surface area contributed by atoms with Crippen molar-refractivity contribution >= 4 is 24.1 Å². The van der Waals surface area contributed by atoms with Crippen LogP contribution in [0.5, 0.6) is 0 Å². The fraction of sp³-hybridized carbons (Fsp3) is 0.757. The number of likely N-dealkylation sites (N-methyl/N-ethyl adjacent to an activating group) is 1. The molecule has 2 amide bonds. The Labute approximate surface area is 327 Å². The van der Waals surface area contributed by atoms with Crippen molar-refractivity contribution in [2.45, 2.75) is 154 Å². The number of carboxylic acids is 2. The number of nitrogens with one attached hydrogen (secondary N) is 1. The summed E-state index contributed by atoms with van der Waals surface area (Å²) in [6.45, 7) is 15.1. The Morgan fingerprint density at radius 2 is 1.22 bits per heavy atom. The number of rotatable bonds is 4. The zero-order valence-corrected chi connectivity index (χ0v) is 34.4. The van der Waals surface area contributed by atoms with E-state index in [1.807, 2.05) is 6.61 Å². The maximum absolute atomic E-state index is 11.6. The third kappa shape index (κ3) is 19.5. The Morgan fingerprint density at radius 3 is 1.55 bits per heavy atom. The van der Waals surface area contributed by atoms with E-state index >= 15 is 0 Å². The molecule has 3 fully saturated rings. The Morgan fingerprint density at radius 1 is 0.784 bits per heavy atom. The van der Waals surface area contributed by atoms with Crippen molar-refractivity contribution in [1.29, 1.82) is 0 Å². The predicted octanol–water partition coefficient (Wildman–Crippen LogP) is 2.21. The molecule has 2 atom stereocenters. The summed E-state index contributed by atoms with van der Waals surface area (Å²) in [6.07, 6.45) is 20.0. The second kappa shape index (κ2) is 23.5. The minimum Gasteiger partial charge on any atom is -0.550 e. The molecule has 5 aliphatic rings. The number of nitrogens with zero attached hydrogens (tertiary/aromatic N) is 3. The summed E-state index contributed by atoms with van der Waals surface area (Å²) < 4.78 is 15.1. The van der Waals surface area contributed by atoms with E-state index in [2.05, 4.69) is 17.3 Å². The summed E-state index contributed by atoms with van der Waals surface area (Å²) in [5.74, 6) is -2.29. The number of aliphatic carboxylic acids is 2. The van der Waals surface area contributed by atoms with Gasteiger partial charge in [-0.1, -0.05) is 50.7 Å². The number of carbonyl (C=O) groups is 4. The van der Waals surface area contributed by atoms with E-state index in [9.17, 15) is 24.3 Å². The average Bonchev–Trinajstić information content (AvgIpc) is 3.73. The van der Waals surface area contributed by atoms with Crippen molar-refractivity contribution in [3.63, 3.8) is 0 Å². The SMILES string of the molecule is C1CCC(NC2CCCCC2)CC1.CC(C)(C)OC(=O)N1C=CC[C@H]1C(=O)O.CC(C)(C)OC(=O)N1C=CC[C@H]1C(=O)[O-].CN1C[CH-]OCC1.[Na+]. The smallest absolute Gasteiger partial charge is 0.550 e. The van der Waals surface area contributed by atoms with Crippen LogP contribution in [0, 0.1) is 6.61 Å². The van der Waals surface area contributed by atoms with Crippen molar-refractivity contribution in [3.8, 4) is 0 Å². The third-order valence-electron chi connectivity index (χ3n) is 8.46. The molecule has 5 rings (SSSR count). The predicted molar refractivity (Wildman–Crippen MR) is 189 cm³/mol. The van der Waals surface area contributed by atoms with Crippen LogP contribution in [0.4, 0.5) is 9.59 Å². The molecule has 0 aromatic carbocycles. The zero-order chi connectivity index (χ0) is 37.3. The van der Waals surface area contributed by atoms with Crippen molar-refractivity contribution < 1.29 is 73.2 Å². The molecule has 14 heteroatoms. The van der Waals surface area contributed by atoms with Crippen molar-refractivity contribution in [2.24, 2.45) is 0 Å². The van der Waals surface area contributed by atoms with Gasteiger partial charge in [0, 0.05) is 37.6 Å². The fourth-order valence-corrected chi connectivity index (χ4v) is 5.91. The summed E-state index contributed by atoms with van der Waals surface area (Å²) in [6, 6.07) is -0.0339. The van der Waals surface area contributed by atoms with Gasteiger partial charge in [-0.15, -0.1) is 6.54 Å². The number of hydrogen-bond donors (Lipinski definition) is 2. The molecule has 3 heterocycles. The van der Waals surface area contributed by atoms with E-state index in [0.717, 1.165) is 41.6 Å². The number of carboxylic acid groups (broad SMARTS) is 2. The van der Waals surface area contributed by atoms with Gasteiger partial charge in [-0.2, -0.15) is 6.61 Å². The molecule has 2 saturated carbocycles. The van der Waals surface area contributed by atoms with Gasteiger partial charge in [0.25, 0.3) is 0 Å². The monoisotopic (exact) mass is 729 g/mol. The topological polar surface area (TPSA) is 161 Å². The van der Waals surface area contributed by atoms with Gasteiger partial charge in [-0.3, -0.25) is 9.80 Å². The molecule has 0 bridgehead atoms. The normalized spacial score (nSPS) is 22.6. The van der Waals surface area contributed by atoms with E-state index in [1.54, 1.807) is 53.7 Å². The fourth-order valence-electron chi connectivity index (χ4n) is 5.91. The van der Waals surface area contributed by atoms with Gasteiger partial charge in [0.1, 0.15) is 17.2 Å². The number of carbonyl (C=O) groups excluding carboxylic acids is 3. The molecule has 2 aliphatic carbocycles. The molecule has 3 aliphatic heterocycles. The minimum absolute atomic E-state index is 0. The quantitative estimate of drug-likeness (QED) is 0.323. The van der Waals surface area contributed by atoms with Gasteiger partial charge in [-0.25, -0.2) is 14.4 Å². The Balaban J connectivity index is 0.000000347. The molecule has 0 aromatic rings. The summed E-state index contributed by atoms with van der Waals surface area (Å²) in [4.78, 5) is 48.9. The van der Waals surface area contributed by atoms with Gasteiger partial charge < -0.3 is 39.4 Å². The van der Waals surface area contributed by atoms with E-state index in [1.165, 1.54) is 76.6 Å². The van der Waals surface area contributed by atoms with E-state index in [-0.39, 0.29) is 36.0 Å². The van der Waals surface area contributed by atoms with E-state index in [4.69, 9.17) is 19.3 Å². The molecule has 0 aromatic heterocycles. The van der Waals surface area contributed by atoms with Crippen molar-refractivity contribution in [1.82, 2.24) is 20.0 Å². The van der Waals surface area contributed by atoms with Crippen LogP contribution in [0.3, 0.4) is 0 Å². The molecule has 1 saturated heterocycles. The van der Waals surface area contributed by atoms with Crippen molar-refractivity contribution in [2.75, 3.05) is 26.7 Å². The van der Waals surface area contributed by atoms with Gasteiger partial charge in [0.2, 0.25) is 0 Å². The molecule has 2 N–H and O–H groups in total. The van der Waals surface area contributed by atoms with E-state index < -0.39 is 47.4 Å². The van der Waals surface area contributed by atoms with Gasteiger partial charge >= 0.3 is 47.7 Å². The number of amides is 2. The van der Waals surface area contributed by atoms with Crippen LogP contribution in [-0.2, 0) is 23.8 Å². The summed E-state index contributed by atoms with van der Waals surface area (Å²) in [5.41, 5.74) is -1.25. The van der Waals surface area contributed by atoms with Crippen LogP contribution in [0.15, 0.2) is 24.6 Å². The standard InChI is InChI=1S/C12H23N.2C10H15NO4.C5H10NO.Na/c1-3-7-11(8-4-1)13-12-9-5-2-6-10-12;2*1-10(2,3)15-9(14)11-6-4-5-7(11)8(12)13;1-6-2-4-7-5-3-6;/h11-13H,1-10H2;2*4,6-7H,5H2,1-3H3,(H,12,13);4H,2-3,5H2,1H3;/q;;;-1;+1/p-1/t;2*7-;;/m.00../s1. The number of hydrogen-bond acceptors (Lipinski definition) is 10. The molecule has 0 radical (unpaired) electrons. The second-order valence-corrected chi connectivity index (χ2v) is 15.3. The first-order valence-corrected chi connectivity index (χ1v) is 18.1. The zero-order valence-electron chi connectivity index (χ0n) is 32.4. The molecule has 13 nitrogen and oxygen atoms in total. The Bertz CT molecular complexity index is 1040. The first kappa shape index (κ1) is 46.9. The second-order valence-electron chi connectivity index (χ2n) is 15.3. The first-order valence-electron chi connectivity index (χ1n) is 18.1. The number of ether oxygens (including phenoxy) is 3. The summed E-state index contributed by atoms with van der Waals surface area (Å²) in [7, 11) is 2.08.